The van der Waals surface area contributed by atoms with E-state index in [0.29, 0.717) is 34.6 Å². The number of thioether (sulfide) groups is 1. The third-order valence-corrected chi connectivity index (χ3v) is 5.24. The minimum Gasteiger partial charge on any atom is -0.369 e. The SMILES string of the molecule is Cc1cc2nnc(SCC(=O)N3[C@@H](C)CCC[C@@H]3C)n2c(N)n1. The molecule has 2 aromatic heterocycles. The topological polar surface area (TPSA) is 89.4 Å². The Labute approximate surface area is 139 Å². The molecule has 0 bridgehead atoms. The number of likely N-dealkylation sites (tertiary alicyclic amines) is 1. The monoisotopic (exact) mass is 334 g/mol. The van der Waals surface area contributed by atoms with Gasteiger partial charge in [-0.25, -0.2) is 9.38 Å². The lowest BCUT2D eigenvalue weighted by Gasteiger charge is -2.39. The first-order chi connectivity index (χ1) is 11.0. The molecule has 2 atom stereocenters. The highest BCUT2D eigenvalue weighted by Gasteiger charge is 2.29. The van der Waals surface area contributed by atoms with E-state index >= 15 is 0 Å². The summed E-state index contributed by atoms with van der Waals surface area (Å²) in [6, 6.07) is 2.43. The highest BCUT2D eigenvalue weighted by atomic mass is 32.2. The van der Waals surface area contributed by atoms with Crippen LogP contribution >= 0.6 is 11.8 Å². The number of hydrogen-bond acceptors (Lipinski definition) is 6. The number of carbonyl (C=O) groups excluding carboxylic acids is 1. The Morgan fingerprint density at radius 1 is 1.35 bits per heavy atom. The van der Waals surface area contributed by atoms with Crippen molar-refractivity contribution in [3.8, 4) is 0 Å². The molecular formula is C15H22N6OS. The van der Waals surface area contributed by atoms with Crippen molar-refractivity contribution in [1.29, 1.82) is 0 Å². The summed E-state index contributed by atoms with van der Waals surface area (Å²) in [7, 11) is 0. The summed E-state index contributed by atoms with van der Waals surface area (Å²) < 4.78 is 1.69. The van der Waals surface area contributed by atoms with Crippen LogP contribution in [0.5, 0.6) is 0 Å². The Kier molecular flexibility index (Phi) is 4.43. The molecule has 1 fully saturated rings. The van der Waals surface area contributed by atoms with Gasteiger partial charge in [0, 0.05) is 23.8 Å². The Morgan fingerprint density at radius 3 is 2.74 bits per heavy atom. The number of aromatic nitrogens is 4. The largest absolute Gasteiger partial charge is 0.369 e. The van der Waals surface area contributed by atoms with Crippen molar-refractivity contribution in [2.24, 2.45) is 0 Å². The van der Waals surface area contributed by atoms with Gasteiger partial charge in [-0.3, -0.25) is 4.79 Å². The first kappa shape index (κ1) is 16.0. The second-order valence-corrected chi connectivity index (χ2v) is 7.09. The maximum atomic E-state index is 12.6. The van der Waals surface area contributed by atoms with E-state index in [1.54, 1.807) is 4.40 Å². The Morgan fingerprint density at radius 2 is 2.04 bits per heavy atom. The highest BCUT2D eigenvalue weighted by Crippen LogP contribution is 2.25. The van der Waals surface area contributed by atoms with E-state index in [1.807, 2.05) is 17.9 Å². The van der Waals surface area contributed by atoms with Crippen molar-refractivity contribution in [3.63, 3.8) is 0 Å². The van der Waals surface area contributed by atoms with E-state index in [-0.39, 0.29) is 5.91 Å². The number of piperidine rings is 1. The third-order valence-electron chi connectivity index (χ3n) is 4.32. The van der Waals surface area contributed by atoms with Crippen LogP contribution < -0.4 is 5.73 Å². The van der Waals surface area contributed by atoms with E-state index in [2.05, 4.69) is 29.0 Å². The zero-order valence-corrected chi connectivity index (χ0v) is 14.5. The number of carbonyl (C=O) groups is 1. The van der Waals surface area contributed by atoms with Gasteiger partial charge in [0.1, 0.15) is 0 Å². The fourth-order valence-corrected chi connectivity index (χ4v) is 4.06. The van der Waals surface area contributed by atoms with Gasteiger partial charge in [-0.1, -0.05) is 11.8 Å². The summed E-state index contributed by atoms with van der Waals surface area (Å²) >= 11 is 1.36. The lowest BCUT2D eigenvalue weighted by Crippen LogP contribution is -2.48. The van der Waals surface area contributed by atoms with Crippen molar-refractivity contribution >= 4 is 29.3 Å². The molecule has 0 unspecified atom stereocenters. The normalized spacial score (nSPS) is 21.8. The van der Waals surface area contributed by atoms with Crippen molar-refractivity contribution in [2.75, 3.05) is 11.5 Å². The number of hydrogen-bond donors (Lipinski definition) is 1. The van der Waals surface area contributed by atoms with Crippen molar-refractivity contribution in [3.05, 3.63) is 11.8 Å². The Balaban J connectivity index is 1.74. The lowest BCUT2D eigenvalue weighted by atomic mass is 9.98. The van der Waals surface area contributed by atoms with Crippen LogP contribution in [0.4, 0.5) is 5.95 Å². The first-order valence-electron chi connectivity index (χ1n) is 7.89. The summed E-state index contributed by atoms with van der Waals surface area (Å²) in [4.78, 5) is 18.8. The van der Waals surface area contributed by atoms with E-state index < -0.39 is 0 Å². The molecule has 124 valence electrons. The van der Waals surface area contributed by atoms with Gasteiger partial charge in [-0.15, -0.1) is 10.2 Å². The number of anilines is 1. The zero-order valence-electron chi connectivity index (χ0n) is 13.7. The van der Waals surface area contributed by atoms with E-state index in [9.17, 15) is 4.79 Å². The molecule has 0 aromatic carbocycles. The average molecular weight is 334 g/mol. The van der Waals surface area contributed by atoms with Crippen LogP contribution in [0.1, 0.15) is 38.8 Å². The minimum absolute atomic E-state index is 0.144. The molecule has 2 aromatic rings. The zero-order chi connectivity index (χ0) is 16.6. The van der Waals surface area contributed by atoms with E-state index in [0.717, 1.165) is 18.5 Å². The molecule has 23 heavy (non-hydrogen) atoms. The van der Waals surface area contributed by atoms with Crippen LogP contribution in [-0.4, -0.2) is 48.2 Å². The summed E-state index contributed by atoms with van der Waals surface area (Å²) in [5, 5.41) is 8.85. The fourth-order valence-electron chi connectivity index (χ4n) is 3.25. The number of rotatable bonds is 3. The number of nitrogen functional groups attached to an aromatic ring is 1. The molecule has 8 heteroatoms. The van der Waals surface area contributed by atoms with E-state index in [4.69, 9.17) is 5.73 Å². The molecule has 3 heterocycles. The quantitative estimate of drug-likeness (QED) is 0.862. The minimum atomic E-state index is 0.144. The van der Waals surface area contributed by atoms with Gasteiger partial charge in [0.2, 0.25) is 11.9 Å². The molecule has 1 saturated heterocycles. The number of aryl methyl sites for hydroxylation is 1. The Hall–Kier alpha value is -1.83. The van der Waals surface area contributed by atoms with Gasteiger partial charge >= 0.3 is 0 Å². The third kappa shape index (κ3) is 3.12. The van der Waals surface area contributed by atoms with E-state index in [1.165, 1.54) is 18.2 Å². The summed E-state index contributed by atoms with van der Waals surface area (Å²) in [5.74, 6) is 0.827. The second-order valence-electron chi connectivity index (χ2n) is 6.15. The van der Waals surface area contributed by atoms with Crippen LogP contribution in [0.25, 0.3) is 5.65 Å². The number of fused-ring (bicyclic) bond motifs is 1. The number of nitrogens with two attached hydrogens (primary N) is 1. The molecule has 1 aliphatic heterocycles. The van der Waals surface area contributed by atoms with Crippen molar-refractivity contribution < 1.29 is 4.79 Å². The molecule has 1 amide bonds. The van der Waals surface area contributed by atoms with Gasteiger partial charge < -0.3 is 10.6 Å². The van der Waals surface area contributed by atoms with Crippen molar-refractivity contribution in [2.45, 2.75) is 57.3 Å². The standard InChI is InChI=1S/C15H22N6OS/c1-9-7-12-18-19-15(21(12)14(16)17-9)23-8-13(22)20-10(2)5-4-6-11(20)3/h7,10-11H,4-6,8H2,1-3H3,(H2,16,17)/t10-,11-/m0/s1. The average Bonchev–Trinajstić information content (AvgIpc) is 2.88. The molecule has 0 radical (unpaired) electrons. The molecule has 7 nitrogen and oxygen atoms in total. The number of amides is 1. The van der Waals surface area contributed by atoms with Crippen LogP contribution in [0.2, 0.25) is 0 Å². The molecule has 0 saturated carbocycles. The molecule has 2 N–H and O–H groups in total. The van der Waals surface area contributed by atoms with Gasteiger partial charge in [-0.05, 0) is 40.0 Å². The summed E-state index contributed by atoms with van der Waals surface area (Å²) in [6.45, 7) is 6.10. The fraction of sp³-hybridized carbons (Fsp3) is 0.600. The summed E-state index contributed by atoms with van der Waals surface area (Å²) in [6.07, 6.45) is 3.34. The predicted octanol–water partition coefficient (Wildman–Crippen LogP) is 1.90. The molecule has 3 rings (SSSR count). The van der Waals surface area contributed by atoms with Gasteiger partial charge in [0.05, 0.1) is 5.75 Å². The highest BCUT2D eigenvalue weighted by molar-refractivity contribution is 7.99. The predicted molar refractivity (Wildman–Crippen MR) is 90.3 cm³/mol. The number of nitrogens with zero attached hydrogens (tertiary/aromatic N) is 5. The van der Waals surface area contributed by atoms with Crippen LogP contribution in [-0.2, 0) is 4.79 Å². The van der Waals surface area contributed by atoms with Crippen LogP contribution in [0.15, 0.2) is 11.2 Å². The van der Waals surface area contributed by atoms with Crippen molar-refractivity contribution in [1.82, 2.24) is 24.5 Å². The summed E-state index contributed by atoms with van der Waals surface area (Å²) in [5.41, 5.74) is 7.41. The maximum Gasteiger partial charge on any atom is 0.233 e. The van der Waals surface area contributed by atoms with Gasteiger partial charge in [-0.2, -0.15) is 0 Å². The molecule has 1 aliphatic rings. The van der Waals surface area contributed by atoms with Crippen LogP contribution in [0.3, 0.4) is 0 Å². The lowest BCUT2D eigenvalue weighted by molar-refractivity contribution is -0.134. The van der Waals surface area contributed by atoms with Crippen LogP contribution in [0, 0.1) is 6.92 Å². The smallest absolute Gasteiger partial charge is 0.233 e. The maximum absolute atomic E-state index is 12.6. The molecule has 0 spiro atoms. The van der Waals surface area contributed by atoms with Gasteiger partial charge in [0.25, 0.3) is 0 Å². The molecular weight excluding hydrogens is 312 g/mol. The first-order valence-corrected chi connectivity index (χ1v) is 8.88. The second kappa shape index (κ2) is 6.35. The van der Waals surface area contributed by atoms with Gasteiger partial charge in [0.15, 0.2) is 10.8 Å². The molecule has 0 aliphatic carbocycles. The Bertz CT molecular complexity index is 720.